The van der Waals surface area contributed by atoms with Crippen LogP contribution in [0.3, 0.4) is 0 Å². The molecule has 0 saturated carbocycles. The van der Waals surface area contributed by atoms with E-state index in [9.17, 15) is 0 Å². The standard InChI is InChI=1S/C8H11NO/c1-6-4-7(5-9)2-3-8(6)10/h2-4,10H,5,9H2,1H3. The van der Waals surface area contributed by atoms with Gasteiger partial charge in [-0.15, -0.1) is 0 Å². The number of hydrogen-bond donors (Lipinski definition) is 2. The van der Waals surface area contributed by atoms with Gasteiger partial charge >= 0.3 is 0 Å². The normalized spacial score (nSPS) is 9.80. The lowest BCUT2D eigenvalue weighted by Crippen LogP contribution is -1.95. The highest BCUT2D eigenvalue weighted by Crippen LogP contribution is 2.16. The highest BCUT2D eigenvalue weighted by molar-refractivity contribution is 5.34. The van der Waals surface area contributed by atoms with Crippen LogP contribution in [0.25, 0.3) is 0 Å². The molecule has 1 aromatic carbocycles. The van der Waals surface area contributed by atoms with Gasteiger partial charge in [-0.3, -0.25) is 0 Å². The van der Waals surface area contributed by atoms with Gasteiger partial charge in [0.2, 0.25) is 0 Å². The Morgan fingerprint density at radius 2 is 2.20 bits per heavy atom. The monoisotopic (exact) mass is 137 g/mol. The Morgan fingerprint density at radius 1 is 1.50 bits per heavy atom. The summed E-state index contributed by atoms with van der Waals surface area (Å²) in [6, 6.07) is 5.37. The van der Waals surface area contributed by atoms with Gasteiger partial charge < -0.3 is 10.8 Å². The van der Waals surface area contributed by atoms with Crippen LogP contribution in [-0.4, -0.2) is 5.11 Å². The molecule has 2 heteroatoms. The highest BCUT2D eigenvalue weighted by atomic mass is 16.3. The van der Waals surface area contributed by atoms with E-state index in [2.05, 4.69) is 0 Å². The molecule has 1 rings (SSSR count). The summed E-state index contributed by atoms with van der Waals surface area (Å²) < 4.78 is 0. The first-order chi connectivity index (χ1) is 4.74. The van der Waals surface area contributed by atoms with E-state index < -0.39 is 0 Å². The molecule has 0 aliphatic heterocycles. The molecule has 0 aliphatic carbocycles. The minimum Gasteiger partial charge on any atom is -0.508 e. The van der Waals surface area contributed by atoms with Crippen LogP contribution in [0.15, 0.2) is 18.2 Å². The Morgan fingerprint density at radius 3 is 2.70 bits per heavy atom. The van der Waals surface area contributed by atoms with Crippen molar-refractivity contribution in [3.05, 3.63) is 29.3 Å². The fraction of sp³-hybridized carbons (Fsp3) is 0.250. The van der Waals surface area contributed by atoms with Crippen LogP contribution in [0, 0.1) is 6.92 Å². The SMILES string of the molecule is Cc1cc(CN)ccc1O. The molecule has 2 nitrogen and oxygen atoms in total. The molecule has 10 heavy (non-hydrogen) atoms. The zero-order valence-electron chi connectivity index (χ0n) is 5.96. The third-order valence-corrected chi connectivity index (χ3v) is 1.50. The van der Waals surface area contributed by atoms with E-state index in [1.54, 1.807) is 6.07 Å². The van der Waals surface area contributed by atoms with E-state index >= 15 is 0 Å². The van der Waals surface area contributed by atoms with Crippen molar-refractivity contribution in [2.45, 2.75) is 13.5 Å². The van der Waals surface area contributed by atoms with Crippen molar-refractivity contribution in [3.8, 4) is 5.75 Å². The van der Waals surface area contributed by atoms with E-state index in [1.165, 1.54) is 0 Å². The molecule has 3 N–H and O–H groups in total. The van der Waals surface area contributed by atoms with Crippen LogP contribution in [0.2, 0.25) is 0 Å². The van der Waals surface area contributed by atoms with Crippen LogP contribution in [-0.2, 0) is 6.54 Å². The lowest BCUT2D eigenvalue weighted by Gasteiger charge is -1.99. The number of nitrogens with two attached hydrogens (primary N) is 1. The molecule has 0 fully saturated rings. The second-order valence-corrected chi connectivity index (χ2v) is 2.32. The molecule has 0 aromatic heterocycles. The molecule has 0 amide bonds. The summed E-state index contributed by atoms with van der Waals surface area (Å²) in [7, 11) is 0. The largest absolute Gasteiger partial charge is 0.508 e. The van der Waals surface area contributed by atoms with E-state index in [4.69, 9.17) is 10.8 Å². The van der Waals surface area contributed by atoms with Crippen LogP contribution >= 0.6 is 0 Å². The summed E-state index contributed by atoms with van der Waals surface area (Å²) in [4.78, 5) is 0. The fourth-order valence-corrected chi connectivity index (χ4v) is 0.845. The van der Waals surface area contributed by atoms with Crippen molar-refractivity contribution in [1.29, 1.82) is 0 Å². The second-order valence-electron chi connectivity index (χ2n) is 2.32. The average Bonchev–Trinajstić information content (AvgIpc) is 1.95. The van der Waals surface area contributed by atoms with Gasteiger partial charge in [-0.25, -0.2) is 0 Å². The lowest BCUT2D eigenvalue weighted by molar-refractivity contribution is 0.471. The van der Waals surface area contributed by atoms with Crippen molar-refractivity contribution in [1.82, 2.24) is 0 Å². The molecule has 54 valence electrons. The maximum absolute atomic E-state index is 9.10. The maximum Gasteiger partial charge on any atom is 0.118 e. The number of benzene rings is 1. The van der Waals surface area contributed by atoms with Crippen molar-refractivity contribution in [2.24, 2.45) is 5.73 Å². The first-order valence-corrected chi connectivity index (χ1v) is 3.22. The molecule has 0 unspecified atom stereocenters. The van der Waals surface area contributed by atoms with Crippen molar-refractivity contribution in [2.75, 3.05) is 0 Å². The Labute approximate surface area is 60.3 Å². The second kappa shape index (κ2) is 2.71. The Balaban J connectivity index is 3.04. The number of phenols is 1. The summed E-state index contributed by atoms with van der Waals surface area (Å²) in [6.07, 6.45) is 0. The smallest absolute Gasteiger partial charge is 0.118 e. The number of aromatic hydroxyl groups is 1. The molecule has 0 spiro atoms. The summed E-state index contributed by atoms with van der Waals surface area (Å²) in [5, 5.41) is 9.10. The lowest BCUT2D eigenvalue weighted by atomic mass is 10.1. The number of phenolic OH excluding ortho intramolecular Hbond substituents is 1. The molecular formula is C8H11NO. The zero-order chi connectivity index (χ0) is 7.56. The summed E-state index contributed by atoms with van der Waals surface area (Å²) in [5.74, 6) is 0.331. The van der Waals surface area contributed by atoms with E-state index in [1.807, 2.05) is 19.1 Å². The molecule has 0 bridgehead atoms. The average molecular weight is 137 g/mol. The Kier molecular flexibility index (Phi) is 1.92. The first-order valence-electron chi connectivity index (χ1n) is 3.22. The molecule has 0 heterocycles. The maximum atomic E-state index is 9.10. The third-order valence-electron chi connectivity index (χ3n) is 1.50. The van der Waals surface area contributed by atoms with Crippen LogP contribution in [0.1, 0.15) is 11.1 Å². The molecule has 0 aliphatic rings. The van der Waals surface area contributed by atoms with Gasteiger partial charge in [0.15, 0.2) is 0 Å². The summed E-state index contributed by atoms with van der Waals surface area (Å²) in [6.45, 7) is 2.38. The van der Waals surface area contributed by atoms with E-state index in [0.29, 0.717) is 12.3 Å². The predicted octanol–water partition coefficient (Wildman–Crippen LogP) is 1.16. The minimum absolute atomic E-state index is 0.331. The molecule has 0 atom stereocenters. The topological polar surface area (TPSA) is 46.2 Å². The highest BCUT2D eigenvalue weighted by Gasteiger charge is 1.94. The van der Waals surface area contributed by atoms with Gasteiger partial charge in [0.05, 0.1) is 0 Å². The quantitative estimate of drug-likeness (QED) is 0.610. The minimum atomic E-state index is 0.331. The van der Waals surface area contributed by atoms with Crippen molar-refractivity contribution >= 4 is 0 Å². The van der Waals surface area contributed by atoms with E-state index in [-0.39, 0.29) is 0 Å². The summed E-state index contributed by atoms with van der Waals surface area (Å²) >= 11 is 0. The van der Waals surface area contributed by atoms with E-state index in [0.717, 1.165) is 11.1 Å². The number of aryl methyl sites for hydroxylation is 1. The molecule has 1 aromatic rings. The van der Waals surface area contributed by atoms with Crippen molar-refractivity contribution < 1.29 is 5.11 Å². The molecular weight excluding hydrogens is 126 g/mol. The van der Waals surface area contributed by atoms with Crippen molar-refractivity contribution in [3.63, 3.8) is 0 Å². The predicted molar refractivity (Wildman–Crippen MR) is 40.7 cm³/mol. The zero-order valence-corrected chi connectivity index (χ0v) is 5.96. The van der Waals surface area contributed by atoms with Gasteiger partial charge in [-0.1, -0.05) is 12.1 Å². The Hall–Kier alpha value is -1.02. The summed E-state index contributed by atoms with van der Waals surface area (Å²) in [5.41, 5.74) is 7.32. The molecule has 0 radical (unpaired) electrons. The fourth-order valence-electron chi connectivity index (χ4n) is 0.845. The van der Waals surface area contributed by atoms with Gasteiger partial charge in [0.1, 0.15) is 5.75 Å². The van der Waals surface area contributed by atoms with Crippen LogP contribution in [0.5, 0.6) is 5.75 Å². The Bertz CT molecular complexity index is 233. The van der Waals surface area contributed by atoms with Gasteiger partial charge in [-0.05, 0) is 24.1 Å². The van der Waals surface area contributed by atoms with Crippen LogP contribution in [0.4, 0.5) is 0 Å². The number of rotatable bonds is 1. The first kappa shape index (κ1) is 7.09. The number of hydrogen-bond acceptors (Lipinski definition) is 2. The van der Waals surface area contributed by atoms with Gasteiger partial charge in [-0.2, -0.15) is 0 Å². The third kappa shape index (κ3) is 1.28. The molecule has 0 saturated heterocycles. The van der Waals surface area contributed by atoms with Gasteiger partial charge in [0.25, 0.3) is 0 Å². The van der Waals surface area contributed by atoms with Crippen LogP contribution < -0.4 is 5.73 Å². The van der Waals surface area contributed by atoms with Gasteiger partial charge in [0, 0.05) is 6.54 Å².